The third kappa shape index (κ3) is 3.59. The first-order chi connectivity index (χ1) is 9.11. The van der Waals surface area contributed by atoms with Gasteiger partial charge in [-0.2, -0.15) is 0 Å². The average molecular weight is 266 g/mol. The topological polar surface area (TPSA) is 57.5 Å². The Morgan fingerprint density at radius 1 is 1.32 bits per heavy atom. The van der Waals surface area contributed by atoms with E-state index in [1.54, 1.807) is 0 Å². The number of fused-ring (bicyclic) bond motifs is 1. The minimum Gasteiger partial charge on any atom is -0.481 e. The van der Waals surface area contributed by atoms with E-state index in [2.05, 4.69) is 19.1 Å². The highest BCUT2D eigenvalue weighted by Crippen LogP contribution is 2.51. The van der Waals surface area contributed by atoms with Crippen LogP contribution in [-0.2, 0) is 4.79 Å². The van der Waals surface area contributed by atoms with Gasteiger partial charge in [0, 0.05) is 12.3 Å². The Morgan fingerprint density at radius 2 is 2.11 bits per heavy atom. The number of carboxylic acids is 1. The standard InChI is InChI=1S/C16H26O3/c1-2-3-4-5-13-14-9-11(6-7-16(18)19)8-12(14)10-15(13)17/h4-5,11-15,17H,2-3,6-10H2,1H3,(H,18,19)/b5-4+/t11?,12-,13+,14-,15+/m0/s1. The van der Waals surface area contributed by atoms with Crippen molar-refractivity contribution < 1.29 is 15.0 Å². The van der Waals surface area contributed by atoms with Crippen molar-refractivity contribution in [1.82, 2.24) is 0 Å². The van der Waals surface area contributed by atoms with Crippen molar-refractivity contribution in [2.75, 3.05) is 0 Å². The maximum atomic E-state index is 10.6. The highest BCUT2D eigenvalue weighted by molar-refractivity contribution is 5.66. The lowest BCUT2D eigenvalue weighted by Crippen LogP contribution is -2.17. The first kappa shape index (κ1) is 14.6. The van der Waals surface area contributed by atoms with Crippen molar-refractivity contribution in [3.8, 4) is 0 Å². The lowest BCUT2D eigenvalue weighted by Gasteiger charge is -2.18. The van der Waals surface area contributed by atoms with Crippen LogP contribution in [0.5, 0.6) is 0 Å². The zero-order valence-corrected chi connectivity index (χ0v) is 11.8. The summed E-state index contributed by atoms with van der Waals surface area (Å²) in [6, 6.07) is 0. The highest BCUT2D eigenvalue weighted by Gasteiger charge is 2.46. The first-order valence-corrected chi connectivity index (χ1v) is 7.68. The van der Waals surface area contributed by atoms with E-state index in [0.717, 1.165) is 38.5 Å². The van der Waals surface area contributed by atoms with E-state index >= 15 is 0 Å². The van der Waals surface area contributed by atoms with Crippen molar-refractivity contribution >= 4 is 5.97 Å². The number of unbranched alkanes of at least 4 members (excludes halogenated alkanes) is 1. The molecule has 3 heteroatoms. The number of hydrogen-bond acceptors (Lipinski definition) is 2. The fraction of sp³-hybridized carbons (Fsp3) is 0.812. The fourth-order valence-corrected chi connectivity index (χ4v) is 4.03. The minimum atomic E-state index is -0.684. The molecular weight excluding hydrogens is 240 g/mol. The third-order valence-electron chi connectivity index (χ3n) is 4.91. The zero-order valence-electron chi connectivity index (χ0n) is 11.8. The molecule has 0 aromatic carbocycles. The molecule has 5 atom stereocenters. The van der Waals surface area contributed by atoms with Gasteiger partial charge in [-0.15, -0.1) is 0 Å². The van der Waals surface area contributed by atoms with Gasteiger partial charge in [0.05, 0.1) is 6.10 Å². The van der Waals surface area contributed by atoms with Gasteiger partial charge in [0.1, 0.15) is 0 Å². The van der Waals surface area contributed by atoms with Crippen LogP contribution in [0.25, 0.3) is 0 Å². The molecular formula is C16H26O3. The molecule has 0 radical (unpaired) electrons. The number of allylic oxidation sites excluding steroid dienone is 1. The fourth-order valence-electron chi connectivity index (χ4n) is 4.03. The molecule has 2 N–H and O–H groups in total. The number of aliphatic carboxylic acids is 1. The maximum absolute atomic E-state index is 10.6. The lowest BCUT2D eigenvalue weighted by molar-refractivity contribution is -0.137. The van der Waals surface area contributed by atoms with Crippen LogP contribution in [0.3, 0.4) is 0 Å². The number of carboxylic acid groups (broad SMARTS) is 1. The number of rotatable bonds is 6. The maximum Gasteiger partial charge on any atom is 0.303 e. The van der Waals surface area contributed by atoms with Crippen LogP contribution >= 0.6 is 0 Å². The van der Waals surface area contributed by atoms with E-state index in [1.807, 2.05) is 0 Å². The van der Waals surface area contributed by atoms with Crippen molar-refractivity contribution in [2.45, 2.75) is 58.0 Å². The van der Waals surface area contributed by atoms with E-state index in [9.17, 15) is 9.90 Å². The molecule has 2 saturated carbocycles. The van der Waals surface area contributed by atoms with Crippen LogP contribution in [0.15, 0.2) is 12.2 Å². The lowest BCUT2D eigenvalue weighted by atomic mass is 9.89. The van der Waals surface area contributed by atoms with Gasteiger partial charge in [0.25, 0.3) is 0 Å². The third-order valence-corrected chi connectivity index (χ3v) is 4.91. The van der Waals surface area contributed by atoms with Gasteiger partial charge in [0.15, 0.2) is 0 Å². The molecule has 0 aromatic rings. The van der Waals surface area contributed by atoms with E-state index < -0.39 is 5.97 Å². The Bertz CT molecular complexity index is 337. The Hall–Kier alpha value is -0.830. The molecule has 108 valence electrons. The Morgan fingerprint density at radius 3 is 2.79 bits per heavy atom. The summed E-state index contributed by atoms with van der Waals surface area (Å²) in [6.07, 6.45) is 10.7. The Labute approximate surface area is 115 Å². The summed E-state index contributed by atoms with van der Waals surface area (Å²) in [5.74, 6) is 1.38. The van der Waals surface area contributed by atoms with Crippen molar-refractivity contribution in [3.63, 3.8) is 0 Å². The van der Waals surface area contributed by atoms with Crippen molar-refractivity contribution in [2.24, 2.45) is 23.7 Å². The molecule has 0 bridgehead atoms. The van der Waals surface area contributed by atoms with Crippen LogP contribution in [0.4, 0.5) is 0 Å². The van der Waals surface area contributed by atoms with E-state index in [0.29, 0.717) is 30.1 Å². The molecule has 0 heterocycles. The predicted octanol–water partition coefficient (Wildman–Crippen LogP) is 3.23. The number of aliphatic hydroxyl groups excluding tert-OH is 1. The van der Waals surface area contributed by atoms with Gasteiger partial charge in [-0.1, -0.05) is 25.5 Å². The second-order valence-electron chi connectivity index (χ2n) is 6.29. The van der Waals surface area contributed by atoms with Gasteiger partial charge in [-0.25, -0.2) is 0 Å². The van der Waals surface area contributed by atoms with Crippen molar-refractivity contribution in [1.29, 1.82) is 0 Å². The summed E-state index contributed by atoms with van der Waals surface area (Å²) in [5.41, 5.74) is 0. The van der Waals surface area contributed by atoms with Crippen LogP contribution in [0.1, 0.15) is 51.9 Å². The summed E-state index contributed by atoms with van der Waals surface area (Å²) >= 11 is 0. The molecule has 0 saturated heterocycles. The van der Waals surface area contributed by atoms with Gasteiger partial charge in [0.2, 0.25) is 0 Å². The number of aliphatic hydroxyl groups is 1. The molecule has 0 amide bonds. The smallest absolute Gasteiger partial charge is 0.303 e. The van der Waals surface area contributed by atoms with Crippen LogP contribution in [-0.4, -0.2) is 22.3 Å². The molecule has 2 aliphatic carbocycles. The molecule has 0 aromatic heterocycles. The summed E-state index contributed by atoms with van der Waals surface area (Å²) in [6.45, 7) is 2.16. The quantitative estimate of drug-likeness (QED) is 0.726. The minimum absolute atomic E-state index is 0.177. The molecule has 0 aliphatic heterocycles. The normalized spacial score (nSPS) is 37.9. The van der Waals surface area contributed by atoms with Crippen molar-refractivity contribution in [3.05, 3.63) is 12.2 Å². The zero-order chi connectivity index (χ0) is 13.8. The van der Waals surface area contributed by atoms with E-state index in [1.165, 1.54) is 0 Å². The van der Waals surface area contributed by atoms with Crippen LogP contribution in [0.2, 0.25) is 0 Å². The van der Waals surface area contributed by atoms with Gasteiger partial charge >= 0.3 is 5.97 Å². The number of hydrogen-bond donors (Lipinski definition) is 2. The van der Waals surface area contributed by atoms with Gasteiger partial charge < -0.3 is 10.2 Å². The second kappa shape index (κ2) is 6.56. The summed E-state index contributed by atoms with van der Waals surface area (Å²) in [5, 5.41) is 18.9. The Balaban J connectivity index is 1.88. The molecule has 2 aliphatic rings. The Kier molecular flexibility index (Phi) is 5.03. The SMILES string of the molecule is CCC/C=C/[C@@H]1[C@H]2CC(CCC(=O)O)C[C@H]2C[C@H]1O. The highest BCUT2D eigenvalue weighted by atomic mass is 16.4. The molecule has 2 fully saturated rings. The molecule has 19 heavy (non-hydrogen) atoms. The average Bonchev–Trinajstić information content (AvgIpc) is 2.86. The van der Waals surface area contributed by atoms with E-state index in [4.69, 9.17) is 5.11 Å². The molecule has 2 rings (SSSR count). The summed E-state index contributed by atoms with van der Waals surface area (Å²) in [4.78, 5) is 10.6. The van der Waals surface area contributed by atoms with Crippen LogP contribution < -0.4 is 0 Å². The van der Waals surface area contributed by atoms with Gasteiger partial charge in [-0.3, -0.25) is 4.79 Å². The second-order valence-corrected chi connectivity index (χ2v) is 6.29. The molecule has 0 spiro atoms. The van der Waals surface area contributed by atoms with Gasteiger partial charge in [-0.05, 0) is 49.9 Å². The summed E-state index contributed by atoms with van der Waals surface area (Å²) in [7, 11) is 0. The molecule has 3 nitrogen and oxygen atoms in total. The predicted molar refractivity (Wildman–Crippen MR) is 74.7 cm³/mol. The van der Waals surface area contributed by atoms with E-state index in [-0.39, 0.29) is 6.10 Å². The van der Waals surface area contributed by atoms with Crippen LogP contribution in [0, 0.1) is 23.7 Å². The monoisotopic (exact) mass is 266 g/mol. The first-order valence-electron chi connectivity index (χ1n) is 7.68. The molecule has 1 unspecified atom stereocenters. The largest absolute Gasteiger partial charge is 0.481 e. The summed E-state index contributed by atoms with van der Waals surface area (Å²) < 4.78 is 0. The number of carbonyl (C=O) groups is 1.